The van der Waals surface area contributed by atoms with E-state index in [1.807, 2.05) is 36.4 Å². The lowest BCUT2D eigenvalue weighted by molar-refractivity contribution is 0.415. The number of benzene rings is 2. The Hall–Kier alpha value is -2.86. The number of anilines is 2. The number of para-hydroxylation sites is 1. The van der Waals surface area contributed by atoms with Gasteiger partial charge in [-0.25, -0.2) is 9.97 Å². The number of thiazole rings is 1. The Morgan fingerprint density at radius 3 is 2.87 bits per heavy atom. The number of rotatable bonds is 4. The first-order valence-corrected chi connectivity index (χ1v) is 7.84. The highest BCUT2D eigenvalue weighted by Crippen LogP contribution is 2.34. The number of hydrogen-bond acceptors (Lipinski definition) is 6. The van der Waals surface area contributed by atoms with E-state index in [0.717, 1.165) is 26.6 Å². The fourth-order valence-electron chi connectivity index (χ4n) is 2.37. The second-order valence-electron chi connectivity index (χ2n) is 4.89. The molecular weight excluding hydrogens is 310 g/mol. The van der Waals surface area contributed by atoms with Crippen LogP contribution in [0.5, 0.6) is 5.75 Å². The van der Waals surface area contributed by atoms with E-state index in [0.29, 0.717) is 11.5 Å². The van der Waals surface area contributed by atoms with Crippen LogP contribution in [0.1, 0.15) is 0 Å². The molecule has 0 saturated carbocycles. The third-order valence-corrected chi connectivity index (χ3v) is 4.40. The Morgan fingerprint density at radius 1 is 1.17 bits per heavy atom. The minimum Gasteiger partial charge on any atom is -0.496 e. The number of hydrogen-bond donors (Lipinski definition) is 1. The van der Waals surface area contributed by atoms with Gasteiger partial charge in [0.05, 0.1) is 29.1 Å². The molecule has 23 heavy (non-hydrogen) atoms. The Morgan fingerprint density at radius 2 is 2.09 bits per heavy atom. The topological polar surface area (TPSA) is 60.2 Å². The van der Waals surface area contributed by atoms with Crippen molar-refractivity contribution in [3.63, 3.8) is 0 Å². The van der Waals surface area contributed by atoms with Gasteiger partial charge in [-0.05, 0) is 24.3 Å². The van der Waals surface area contributed by atoms with E-state index in [-0.39, 0.29) is 0 Å². The SMILES string of the molecule is COc1cc(Nc2nc3ccccc3s2)ccc1-c1cnco1. The molecule has 0 aliphatic rings. The fraction of sp³-hybridized carbons (Fsp3) is 0.0588. The molecule has 0 fully saturated rings. The van der Waals surface area contributed by atoms with E-state index in [2.05, 4.69) is 21.4 Å². The zero-order valence-corrected chi connectivity index (χ0v) is 13.1. The monoisotopic (exact) mass is 323 g/mol. The molecule has 0 unspecified atom stereocenters. The van der Waals surface area contributed by atoms with Gasteiger partial charge in [0.15, 0.2) is 17.3 Å². The first kappa shape index (κ1) is 13.8. The van der Waals surface area contributed by atoms with Crippen molar-refractivity contribution in [2.75, 3.05) is 12.4 Å². The fourth-order valence-corrected chi connectivity index (χ4v) is 3.26. The smallest absolute Gasteiger partial charge is 0.188 e. The molecule has 0 radical (unpaired) electrons. The molecule has 2 aromatic heterocycles. The first-order chi connectivity index (χ1) is 11.3. The summed E-state index contributed by atoms with van der Waals surface area (Å²) >= 11 is 1.62. The maximum atomic E-state index is 5.46. The van der Waals surface area contributed by atoms with Gasteiger partial charge in [-0.2, -0.15) is 0 Å². The average Bonchev–Trinajstić information content (AvgIpc) is 3.23. The molecule has 0 aliphatic heterocycles. The summed E-state index contributed by atoms with van der Waals surface area (Å²) in [6.45, 7) is 0. The van der Waals surface area contributed by atoms with Crippen LogP contribution in [-0.2, 0) is 0 Å². The third kappa shape index (κ3) is 2.64. The summed E-state index contributed by atoms with van der Waals surface area (Å²) in [5, 5.41) is 4.17. The molecular formula is C17H13N3O2S. The lowest BCUT2D eigenvalue weighted by atomic mass is 10.1. The zero-order chi connectivity index (χ0) is 15.6. The molecule has 0 saturated heterocycles. The quantitative estimate of drug-likeness (QED) is 0.589. The number of aromatic nitrogens is 2. The summed E-state index contributed by atoms with van der Waals surface area (Å²) in [6.07, 6.45) is 3.07. The molecule has 0 amide bonds. The van der Waals surface area contributed by atoms with E-state index < -0.39 is 0 Å². The van der Waals surface area contributed by atoms with Gasteiger partial charge in [-0.15, -0.1) is 0 Å². The molecule has 0 bridgehead atoms. The summed E-state index contributed by atoms with van der Waals surface area (Å²) in [7, 11) is 1.64. The molecule has 4 rings (SSSR count). The van der Waals surface area contributed by atoms with E-state index >= 15 is 0 Å². The highest BCUT2D eigenvalue weighted by molar-refractivity contribution is 7.22. The molecule has 114 valence electrons. The number of ether oxygens (including phenoxy) is 1. The molecule has 1 N–H and O–H groups in total. The minimum absolute atomic E-state index is 0.674. The molecule has 2 heterocycles. The second-order valence-corrected chi connectivity index (χ2v) is 5.92. The number of nitrogens with one attached hydrogen (secondary N) is 1. The summed E-state index contributed by atoms with van der Waals surface area (Å²) in [5.74, 6) is 1.39. The van der Waals surface area contributed by atoms with Crippen LogP contribution >= 0.6 is 11.3 Å². The summed E-state index contributed by atoms with van der Waals surface area (Å²) in [6, 6.07) is 13.9. The van der Waals surface area contributed by atoms with Crippen LogP contribution in [0.25, 0.3) is 21.5 Å². The van der Waals surface area contributed by atoms with Crippen molar-refractivity contribution in [1.29, 1.82) is 0 Å². The van der Waals surface area contributed by atoms with Crippen LogP contribution in [0.3, 0.4) is 0 Å². The van der Waals surface area contributed by atoms with E-state index in [9.17, 15) is 0 Å². The molecule has 0 spiro atoms. The standard InChI is InChI=1S/C17H13N3O2S/c1-21-14-8-11(6-7-12(14)15-9-18-10-22-15)19-17-20-13-4-2-3-5-16(13)23-17/h2-10H,1H3,(H,19,20). The first-order valence-electron chi connectivity index (χ1n) is 7.03. The lowest BCUT2D eigenvalue weighted by Crippen LogP contribution is -1.92. The van der Waals surface area contributed by atoms with Gasteiger partial charge in [-0.1, -0.05) is 23.5 Å². The Kier molecular flexibility index (Phi) is 3.44. The van der Waals surface area contributed by atoms with Gasteiger partial charge in [0.1, 0.15) is 5.75 Å². The van der Waals surface area contributed by atoms with Crippen LogP contribution in [-0.4, -0.2) is 17.1 Å². The van der Waals surface area contributed by atoms with Crippen molar-refractivity contribution >= 4 is 32.4 Å². The Balaban J connectivity index is 1.66. The van der Waals surface area contributed by atoms with Crippen LogP contribution < -0.4 is 10.1 Å². The van der Waals surface area contributed by atoms with Crippen LogP contribution in [0.2, 0.25) is 0 Å². The largest absolute Gasteiger partial charge is 0.496 e. The summed E-state index contributed by atoms with van der Waals surface area (Å²) < 4.78 is 12.0. The lowest BCUT2D eigenvalue weighted by Gasteiger charge is -2.09. The van der Waals surface area contributed by atoms with E-state index in [4.69, 9.17) is 9.15 Å². The number of nitrogens with zero attached hydrogens (tertiary/aromatic N) is 2. The van der Waals surface area contributed by atoms with Crippen molar-refractivity contribution in [2.24, 2.45) is 0 Å². The predicted molar refractivity (Wildman–Crippen MR) is 91.4 cm³/mol. The van der Waals surface area contributed by atoms with E-state index in [1.165, 1.54) is 6.39 Å². The van der Waals surface area contributed by atoms with Gasteiger partial charge in [0, 0.05) is 11.8 Å². The molecule has 2 aromatic carbocycles. The second kappa shape index (κ2) is 5.73. The van der Waals surface area contributed by atoms with Crippen LogP contribution in [0.4, 0.5) is 10.8 Å². The van der Waals surface area contributed by atoms with Crippen molar-refractivity contribution in [3.05, 3.63) is 55.1 Å². The van der Waals surface area contributed by atoms with Gasteiger partial charge < -0.3 is 14.5 Å². The minimum atomic E-state index is 0.674. The zero-order valence-electron chi connectivity index (χ0n) is 12.3. The van der Waals surface area contributed by atoms with Gasteiger partial charge in [0.25, 0.3) is 0 Å². The maximum absolute atomic E-state index is 5.46. The summed E-state index contributed by atoms with van der Waals surface area (Å²) in [4.78, 5) is 8.52. The molecule has 0 atom stereocenters. The molecule has 6 heteroatoms. The number of oxazole rings is 1. The number of fused-ring (bicyclic) bond motifs is 1. The molecule has 5 nitrogen and oxygen atoms in total. The van der Waals surface area contributed by atoms with Crippen molar-refractivity contribution < 1.29 is 9.15 Å². The van der Waals surface area contributed by atoms with Crippen LogP contribution in [0.15, 0.2) is 59.5 Å². The Labute approximate surface area is 136 Å². The Bertz CT molecular complexity index is 915. The van der Waals surface area contributed by atoms with Gasteiger partial charge >= 0.3 is 0 Å². The maximum Gasteiger partial charge on any atom is 0.188 e. The third-order valence-electron chi connectivity index (χ3n) is 3.44. The predicted octanol–water partition coefficient (Wildman–Crippen LogP) is 4.70. The summed E-state index contributed by atoms with van der Waals surface area (Å²) in [5.41, 5.74) is 2.76. The molecule has 4 aromatic rings. The highest BCUT2D eigenvalue weighted by atomic mass is 32.1. The van der Waals surface area contributed by atoms with Crippen molar-refractivity contribution in [2.45, 2.75) is 0 Å². The average molecular weight is 323 g/mol. The van der Waals surface area contributed by atoms with Gasteiger partial charge in [0.2, 0.25) is 0 Å². The highest BCUT2D eigenvalue weighted by Gasteiger charge is 2.11. The van der Waals surface area contributed by atoms with Crippen molar-refractivity contribution in [3.8, 4) is 17.1 Å². The normalized spacial score (nSPS) is 10.8. The van der Waals surface area contributed by atoms with Crippen molar-refractivity contribution in [1.82, 2.24) is 9.97 Å². The van der Waals surface area contributed by atoms with Crippen LogP contribution in [0, 0.1) is 0 Å². The number of methoxy groups -OCH3 is 1. The molecule has 0 aliphatic carbocycles. The van der Waals surface area contributed by atoms with E-state index in [1.54, 1.807) is 24.6 Å². The van der Waals surface area contributed by atoms with Gasteiger partial charge in [-0.3, -0.25) is 0 Å².